The van der Waals surface area contributed by atoms with Crippen LogP contribution in [-0.2, 0) is 22.6 Å². The molecule has 2 amide bonds. The number of hydrogen-bond donors (Lipinski definition) is 1. The van der Waals surface area contributed by atoms with Crippen LogP contribution in [0, 0.1) is 12.7 Å². The third-order valence-electron chi connectivity index (χ3n) is 5.92. The van der Waals surface area contributed by atoms with Crippen LogP contribution in [0.15, 0.2) is 78.9 Å². The Hall–Kier alpha value is -3.67. The van der Waals surface area contributed by atoms with Gasteiger partial charge < -0.3 is 15.0 Å². The lowest BCUT2D eigenvalue weighted by molar-refractivity contribution is -0.143. The molecule has 0 radical (unpaired) electrons. The SMILES string of the molecule is CC[C@@H](C)NC(=O)[C@@H](Cc1ccccc1)N(Cc1ccccc1F)C(=O)COc1cccc(C)c1. The molecule has 6 heteroatoms. The largest absolute Gasteiger partial charge is 0.484 e. The second kappa shape index (κ2) is 12.7. The summed E-state index contributed by atoms with van der Waals surface area (Å²) < 4.78 is 20.4. The number of nitrogens with zero attached hydrogens (tertiary/aromatic N) is 1. The molecule has 0 spiro atoms. The molecular weight excluding hydrogens is 443 g/mol. The summed E-state index contributed by atoms with van der Waals surface area (Å²) in [5, 5.41) is 3.00. The zero-order valence-corrected chi connectivity index (χ0v) is 20.5. The number of nitrogens with one attached hydrogen (secondary N) is 1. The third-order valence-corrected chi connectivity index (χ3v) is 5.92. The van der Waals surface area contributed by atoms with E-state index in [4.69, 9.17) is 4.74 Å². The van der Waals surface area contributed by atoms with Crippen molar-refractivity contribution in [2.24, 2.45) is 0 Å². The highest BCUT2D eigenvalue weighted by molar-refractivity contribution is 5.88. The Morgan fingerprint density at radius 2 is 1.71 bits per heavy atom. The van der Waals surface area contributed by atoms with Crippen LogP contribution in [0.1, 0.15) is 37.0 Å². The summed E-state index contributed by atoms with van der Waals surface area (Å²) in [6.45, 7) is 5.53. The van der Waals surface area contributed by atoms with E-state index >= 15 is 0 Å². The molecule has 0 fully saturated rings. The lowest BCUT2D eigenvalue weighted by Gasteiger charge is -2.32. The molecule has 35 heavy (non-hydrogen) atoms. The molecular formula is C29H33FN2O3. The maximum Gasteiger partial charge on any atom is 0.261 e. The number of rotatable bonds is 11. The van der Waals surface area contributed by atoms with Gasteiger partial charge in [0.2, 0.25) is 5.91 Å². The molecule has 0 aliphatic carbocycles. The molecule has 3 aromatic rings. The first kappa shape index (κ1) is 25.9. The Bertz CT molecular complexity index is 1120. The van der Waals surface area contributed by atoms with Gasteiger partial charge in [-0.15, -0.1) is 0 Å². The van der Waals surface area contributed by atoms with Crippen LogP contribution >= 0.6 is 0 Å². The van der Waals surface area contributed by atoms with Crippen molar-refractivity contribution in [2.75, 3.05) is 6.61 Å². The highest BCUT2D eigenvalue weighted by atomic mass is 19.1. The van der Waals surface area contributed by atoms with E-state index in [2.05, 4.69) is 5.32 Å². The van der Waals surface area contributed by atoms with Crippen molar-refractivity contribution in [3.05, 3.63) is 101 Å². The van der Waals surface area contributed by atoms with Crippen molar-refractivity contribution in [3.8, 4) is 5.75 Å². The zero-order valence-electron chi connectivity index (χ0n) is 20.5. The molecule has 0 aliphatic heterocycles. The van der Waals surface area contributed by atoms with Crippen molar-refractivity contribution in [2.45, 2.75) is 52.2 Å². The maximum atomic E-state index is 14.6. The first-order valence-corrected chi connectivity index (χ1v) is 11.9. The van der Waals surface area contributed by atoms with Crippen LogP contribution in [-0.4, -0.2) is 35.4 Å². The van der Waals surface area contributed by atoms with Crippen LogP contribution in [0.2, 0.25) is 0 Å². The molecule has 0 saturated heterocycles. The monoisotopic (exact) mass is 476 g/mol. The highest BCUT2D eigenvalue weighted by Gasteiger charge is 2.31. The molecule has 0 heterocycles. The first-order valence-electron chi connectivity index (χ1n) is 11.9. The number of ether oxygens (including phenoxy) is 1. The van der Waals surface area contributed by atoms with E-state index in [1.54, 1.807) is 24.3 Å². The molecule has 2 atom stereocenters. The van der Waals surface area contributed by atoms with Crippen LogP contribution in [0.5, 0.6) is 5.75 Å². The zero-order chi connectivity index (χ0) is 25.2. The van der Waals surface area contributed by atoms with Gasteiger partial charge in [0.05, 0.1) is 0 Å². The second-order valence-electron chi connectivity index (χ2n) is 8.74. The van der Waals surface area contributed by atoms with E-state index < -0.39 is 17.8 Å². The molecule has 3 aromatic carbocycles. The van der Waals surface area contributed by atoms with Gasteiger partial charge >= 0.3 is 0 Å². The Morgan fingerprint density at radius 3 is 2.40 bits per heavy atom. The molecule has 0 aromatic heterocycles. The molecule has 184 valence electrons. The van der Waals surface area contributed by atoms with E-state index in [0.717, 1.165) is 17.5 Å². The number of amides is 2. The summed E-state index contributed by atoms with van der Waals surface area (Å²) in [4.78, 5) is 28.4. The van der Waals surface area contributed by atoms with Crippen molar-refractivity contribution in [3.63, 3.8) is 0 Å². The normalized spacial score (nSPS) is 12.5. The molecule has 1 N–H and O–H groups in total. The van der Waals surface area contributed by atoms with Gasteiger partial charge in [-0.25, -0.2) is 4.39 Å². The van der Waals surface area contributed by atoms with Gasteiger partial charge in [-0.1, -0.05) is 67.6 Å². The van der Waals surface area contributed by atoms with E-state index in [1.165, 1.54) is 11.0 Å². The second-order valence-corrected chi connectivity index (χ2v) is 8.74. The van der Waals surface area contributed by atoms with E-state index in [0.29, 0.717) is 17.7 Å². The minimum atomic E-state index is -0.834. The average molecular weight is 477 g/mol. The fraction of sp³-hybridized carbons (Fsp3) is 0.310. The van der Waals surface area contributed by atoms with E-state index in [1.807, 2.05) is 69.3 Å². The number of hydrogen-bond acceptors (Lipinski definition) is 3. The quantitative estimate of drug-likeness (QED) is 0.421. The summed E-state index contributed by atoms with van der Waals surface area (Å²) in [5.41, 5.74) is 2.25. The standard InChI is InChI=1S/C29H33FN2O3/c1-4-22(3)31-29(34)27(18-23-12-6-5-7-13-23)32(19-24-14-8-9-16-26(24)30)28(33)20-35-25-15-10-11-21(2)17-25/h5-17,22,27H,4,18-20H2,1-3H3,(H,31,34)/t22-,27-/m1/s1. The minimum absolute atomic E-state index is 0.0475. The number of aryl methyl sites for hydroxylation is 1. The fourth-order valence-electron chi connectivity index (χ4n) is 3.74. The first-order chi connectivity index (χ1) is 16.9. The summed E-state index contributed by atoms with van der Waals surface area (Å²) in [5.74, 6) is -0.531. The van der Waals surface area contributed by atoms with E-state index in [9.17, 15) is 14.0 Å². The van der Waals surface area contributed by atoms with Crippen molar-refractivity contribution >= 4 is 11.8 Å². The van der Waals surface area contributed by atoms with Gasteiger partial charge in [-0.2, -0.15) is 0 Å². The average Bonchev–Trinajstić information content (AvgIpc) is 2.86. The third kappa shape index (κ3) is 7.67. The van der Waals surface area contributed by atoms with Gasteiger partial charge in [0, 0.05) is 24.6 Å². The maximum absolute atomic E-state index is 14.6. The Labute approximate surface area is 206 Å². The smallest absolute Gasteiger partial charge is 0.261 e. The summed E-state index contributed by atoms with van der Waals surface area (Å²) >= 11 is 0. The van der Waals surface area contributed by atoms with Crippen LogP contribution in [0.3, 0.4) is 0 Å². The minimum Gasteiger partial charge on any atom is -0.484 e. The summed E-state index contributed by atoms with van der Waals surface area (Å²) in [6, 6.07) is 22.3. The number of carbonyl (C=O) groups excluding carboxylic acids is 2. The van der Waals surface area contributed by atoms with Crippen LogP contribution < -0.4 is 10.1 Å². The molecule has 5 nitrogen and oxygen atoms in total. The summed E-state index contributed by atoms with van der Waals surface area (Å²) in [6.07, 6.45) is 1.05. The van der Waals surface area contributed by atoms with Crippen molar-refractivity contribution in [1.82, 2.24) is 10.2 Å². The number of carbonyl (C=O) groups is 2. The number of benzene rings is 3. The molecule has 0 unspecified atom stereocenters. The molecule has 0 aliphatic rings. The predicted octanol–water partition coefficient (Wildman–Crippen LogP) is 5.07. The Kier molecular flexibility index (Phi) is 9.41. The lowest BCUT2D eigenvalue weighted by atomic mass is 10.0. The molecule has 0 saturated carbocycles. The van der Waals surface area contributed by atoms with Crippen molar-refractivity contribution < 1.29 is 18.7 Å². The predicted molar refractivity (Wildman–Crippen MR) is 135 cm³/mol. The Balaban J connectivity index is 1.92. The Morgan fingerprint density at radius 1 is 1.00 bits per heavy atom. The van der Waals surface area contributed by atoms with Gasteiger partial charge in [0.1, 0.15) is 17.6 Å². The summed E-state index contributed by atoms with van der Waals surface area (Å²) in [7, 11) is 0. The van der Waals surface area contributed by atoms with Crippen LogP contribution in [0.25, 0.3) is 0 Å². The van der Waals surface area contributed by atoms with Gasteiger partial charge in [-0.3, -0.25) is 9.59 Å². The van der Waals surface area contributed by atoms with Crippen LogP contribution in [0.4, 0.5) is 4.39 Å². The fourth-order valence-corrected chi connectivity index (χ4v) is 3.74. The van der Waals surface area contributed by atoms with Gasteiger partial charge in [0.25, 0.3) is 5.91 Å². The lowest BCUT2D eigenvalue weighted by Crippen LogP contribution is -2.53. The van der Waals surface area contributed by atoms with Crippen molar-refractivity contribution in [1.29, 1.82) is 0 Å². The highest BCUT2D eigenvalue weighted by Crippen LogP contribution is 2.18. The molecule has 3 rings (SSSR count). The topological polar surface area (TPSA) is 58.6 Å². The van der Waals surface area contributed by atoms with Gasteiger partial charge in [0.15, 0.2) is 6.61 Å². The number of halogens is 1. The molecule has 0 bridgehead atoms. The van der Waals surface area contributed by atoms with E-state index in [-0.39, 0.29) is 25.1 Å². The van der Waals surface area contributed by atoms with Gasteiger partial charge in [-0.05, 0) is 49.6 Å².